The summed E-state index contributed by atoms with van der Waals surface area (Å²) in [5, 5.41) is 8.10. The maximum absolute atomic E-state index is 5.17. The number of hydrogen-bond donors (Lipinski definition) is 0. The van der Waals surface area contributed by atoms with E-state index >= 15 is 0 Å². The van der Waals surface area contributed by atoms with Crippen LogP contribution in [-0.4, -0.2) is 22.1 Å². The van der Waals surface area contributed by atoms with Gasteiger partial charge in [0.05, 0.1) is 25.2 Å². The summed E-state index contributed by atoms with van der Waals surface area (Å²) in [4.78, 5) is 1.58. The summed E-state index contributed by atoms with van der Waals surface area (Å²) in [6.45, 7) is 1.99. The van der Waals surface area contributed by atoms with Gasteiger partial charge in [0.25, 0.3) is 0 Å². The van der Waals surface area contributed by atoms with Gasteiger partial charge in [-0.1, -0.05) is 0 Å². The van der Waals surface area contributed by atoms with E-state index in [1.165, 1.54) is 0 Å². The molecule has 2 aromatic rings. The fourth-order valence-electron chi connectivity index (χ4n) is 1.34. The summed E-state index contributed by atoms with van der Waals surface area (Å²) in [6.07, 6.45) is 3.30. The van der Waals surface area contributed by atoms with E-state index in [2.05, 4.69) is 10.2 Å². The standard InChI is InChI=1S/C10H11N3O/c1-8-7-9(3-4-10(8)14-2)13-11-5-6-12-13/h3-7H,1-2H3. The molecule has 0 fully saturated rings. The lowest BCUT2D eigenvalue weighted by Crippen LogP contribution is -1.99. The lowest BCUT2D eigenvalue weighted by atomic mass is 10.2. The summed E-state index contributed by atoms with van der Waals surface area (Å²) >= 11 is 0. The van der Waals surface area contributed by atoms with Crippen molar-refractivity contribution in [3.05, 3.63) is 36.2 Å². The molecule has 0 radical (unpaired) electrons. The lowest BCUT2D eigenvalue weighted by molar-refractivity contribution is 0.411. The van der Waals surface area contributed by atoms with Crippen molar-refractivity contribution in [3.8, 4) is 11.4 Å². The molecule has 0 bridgehead atoms. The largest absolute Gasteiger partial charge is 0.496 e. The van der Waals surface area contributed by atoms with E-state index in [1.807, 2.05) is 25.1 Å². The average Bonchev–Trinajstić information content (AvgIpc) is 2.70. The number of benzene rings is 1. The van der Waals surface area contributed by atoms with Crippen molar-refractivity contribution in [2.24, 2.45) is 0 Å². The van der Waals surface area contributed by atoms with Gasteiger partial charge in [-0.25, -0.2) is 0 Å². The number of nitrogens with zero attached hydrogens (tertiary/aromatic N) is 3. The van der Waals surface area contributed by atoms with Gasteiger partial charge in [0.2, 0.25) is 0 Å². The Hall–Kier alpha value is -1.84. The molecule has 1 aromatic heterocycles. The van der Waals surface area contributed by atoms with E-state index in [0.717, 1.165) is 17.0 Å². The highest BCUT2D eigenvalue weighted by Gasteiger charge is 2.01. The van der Waals surface area contributed by atoms with E-state index in [-0.39, 0.29) is 0 Å². The van der Waals surface area contributed by atoms with Gasteiger partial charge < -0.3 is 4.74 Å². The zero-order valence-corrected chi connectivity index (χ0v) is 8.14. The highest BCUT2D eigenvalue weighted by atomic mass is 16.5. The van der Waals surface area contributed by atoms with E-state index in [4.69, 9.17) is 4.74 Å². The van der Waals surface area contributed by atoms with Crippen molar-refractivity contribution in [2.75, 3.05) is 7.11 Å². The molecule has 0 N–H and O–H groups in total. The van der Waals surface area contributed by atoms with Crippen molar-refractivity contribution in [2.45, 2.75) is 6.92 Å². The summed E-state index contributed by atoms with van der Waals surface area (Å²) in [7, 11) is 1.66. The smallest absolute Gasteiger partial charge is 0.121 e. The minimum absolute atomic E-state index is 0.876. The molecule has 0 unspecified atom stereocenters. The van der Waals surface area contributed by atoms with E-state index in [9.17, 15) is 0 Å². The van der Waals surface area contributed by atoms with Gasteiger partial charge in [-0.15, -0.1) is 0 Å². The third kappa shape index (κ3) is 1.46. The number of hydrogen-bond acceptors (Lipinski definition) is 3. The Morgan fingerprint density at radius 2 is 1.93 bits per heavy atom. The molecule has 4 nitrogen and oxygen atoms in total. The molecular formula is C10H11N3O. The highest BCUT2D eigenvalue weighted by molar-refractivity contribution is 5.42. The first-order valence-corrected chi connectivity index (χ1v) is 4.32. The third-order valence-corrected chi connectivity index (χ3v) is 2.03. The second-order valence-corrected chi connectivity index (χ2v) is 2.97. The maximum atomic E-state index is 5.17. The van der Waals surface area contributed by atoms with Gasteiger partial charge in [0.15, 0.2) is 0 Å². The Balaban J connectivity index is 2.43. The number of methoxy groups -OCH3 is 1. The first kappa shape index (κ1) is 8.74. The molecule has 14 heavy (non-hydrogen) atoms. The third-order valence-electron chi connectivity index (χ3n) is 2.03. The predicted octanol–water partition coefficient (Wildman–Crippen LogP) is 1.58. The molecular weight excluding hydrogens is 178 g/mol. The zero-order valence-electron chi connectivity index (χ0n) is 8.14. The second kappa shape index (κ2) is 3.49. The maximum Gasteiger partial charge on any atom is 0.121 e. The van der Waals surface area contributed by atoms with Crippen LogP contribution in [0.3, 0.4) is 0 Å². The number of aryl methyl sites for hydroxylation is 1. The molecule has 1 heterocycles. The first-order valence-electron chi connectivity index (χ1n) is 4.32. The van der Waals surface area contributed by atoms with Gasteiger partial charge in [0.1, 0.15) is 5.75 Å². The van der Waals surface area contributed by atoms with E-state index in [0.29, 0.717) is 0 Å². The molecule has 2 rings (SSSR count). The van der Waals surface area contributed by atoms with Crippen LogP contribution >= 0.6 is 0 Å². The monoisotopic (exact) mass is 189 g/mol. The van der Waals surface area contributed by atoms with E-state index < -0.39 is 0 Å². The molecule has 0 aliphatic rings. The summed E-state index contributed by atoms with van der Waals surface area (Å²) in [5.74, 6) is 0.876. The van der Waals surface area contributed by atoms with Crippen LogP contribution in [0, 0.1) is 6.92 Å². The highest BCUT2D eigenvalue weighted by Crippen LogP contribution is 2.19. The van der Waals surface area contributed by atoms with Crippen LogP contribution in [0.4, 0.5) is 0 Å². The summed E-state index contributed by atoms with van der Waals surface area (Å²) in [5.41, 5.74) is 2.01. The van der Waals surface area contributed by atoms with Gasteiger partial charge >= 0.3 is 0 Å². The summed E-state index contributed by atoms with van der Waals surface area (Å²) in [6, 6.07) is 5.82. The molecule has 4 heteroatoms. The fourth-order valence-corrected chi connectivity index (χ4v) is 1.34. The second-order valence-electron chi connectivity index (χ2n) is 2.97. The van der Waals surface area contributed by atoms with Gasteiger partial charge in [0, 0.05) is 0 Å². The minimum atomic E-state index is 0.876. The molecule has 0 aliphatic heterocycles. The van der Waals surface area contributed by atoms with Crippen molar-refractivity contribution in [3.63, 3.8) is 0 Å². The summed E-state index contributed by atoms with van der Waals surface area (Å²) < 4.78 is 5.17. The molecule has 72 valence electrons. The Bertz CT molecular complexity index is 423. The van der Waals surface area contributed by atoms with Crippen LogP contribution in [0.5, 0.6) is 5.75 Å². The Morgan fingerprint density at radius 3 is 2.50 bits per heavy atom. The van der Waals surface area contributed by atoms with Crippen molar-refractivity contribution in [1.29, 1.82) is 0 Å². The molecule has 1 aromatic carbocycles. The van der Waals surface area contributed by atoms with Crippen LogP contribution in [0.2, 0.25) is 0 Å². The zero-order chi connectivity index (χ0) is 9.97. The average molecular weight is 189 g/mol. The fraction of sp³-hybridized carbons (Fsp3) is 0.200. The van der Waals surface area contributed by atoms with Crippen molar-refractivity contribution < 1.29 is 4.74 Å². The Kier molecular flexibility index (Phi) is 2.18. The Morgan fingerprint density at radius 1 is 1.21 bits per heavy atom. The van der Waals surface area contributed by atoms with Gasteiger partial charge in [-0.2, -0.15) is 15.0 Å². The van der Waals surface area contributed by atoms with Crippen molar-refractivity contribution in [1.82, 2.24) is 15.0 Å². The van der Waals surface area contributed by atoms with Gasteiger partial charge in [-0.05, 0) is 30.7 Å². The molecule has 0 saturated heterocycles. The van der Waals surface area contributed by atoms with Crippen LogP contribution in [-0.2, 0) is 0 Å². The molecule has 0 saturated carbocycles. The van der Waals surface area contributed by atoms with Crippen molar-refractivity contribution >= 4 is 0 Å². The quantitative estimate of drug-likeness (QED) is 0.720. The Labute approximate surface area is 82.1 Å². The van der Waals surface area contributed by atoms with Crippen LogP contribution < -0.4 is 4.74 Å². The normalized spacial score (nSPS) is 10.1. The molecule has 0 atom stereocenters. The van der Waals surface area contributed by atoms with Crippen LogP contribution in [0.25, 0.3) is 5.69 Å². The predicted molar refractivity (Wildman–Crippen MR) is 52.6 cm³/mol. The topological polar surface area (TPSA) is 39.9 Å². The minimum Gasteiger partial charge on any atom is -0.496 e. The van der Waals surface area contributed by atoms with E-state index in [1.54, 1.807) is 24.3 Å². The lowest BCUT2D eigenvalue weighted by Gasteiger charge is -2.06. The molecule has 0 spiro atoms. The molecule has 0 aliphatic carbocycles. The molecule has 0 amide bonds. The number of aromatic nitrogens is 3. The van der Waals surface area contributed by atoms with Crippen LogP contribution in [0.1, 0.15) is 5.56 Å². The first-order chi connectivity index (χ1) is 6.81. The van der Waals surface area contributed by atoms with Gasteiger partial charge in [-0.3, -0.25) is 0 Å². The van der Waals surface area contributed by atoms with Crippen LogP contribution in [0.15, 0.2) is 30.6 Å². The SMILES string of the molecule is COc1ccc(-n2nccn2)cc1C. The number of rotatable bonds is 2. The number of ether oxygens (including phenoxy) is 1.